The van der Waals surface area contributed by atoms with Crippen LogP contribution in [0.3, 0.4) is 0 Å². The summed E-state index contributed by atoms with van der Waals surface area (Å²) >= 11 is 8.60. The Bertz CT molecular complexity index is 1920. The molecule has 1 aliphatic rings. The van der Waals surface area contributed by atoms with Gasteiger partial charge in [-0.05, 0) is 47.5 Å². The molecule has 1 amide bonds. The van der Waals surface area contributed by atoms with E-state index in [1.165, 1.54) is 49.3 Å². The number of aromatic nitrogens is 2. The van der Waals surface area contributed by atoms with Gasteiger partial charge in [0.15, 0.2) is 38.7 Å². The molecule has 1 N–H and O–H groups in total. The average Bonchev–Trinajstić information content (AvgIpc) is 3.76. The number of ketones is 1. The van der Waals surface area contributed by atoms with Crippen molar-refractivity contribution in [1.29, 1.82) is 0 Å². The molecule has 13 heteroatoms. The SMILES string of the molecule is COc1ccc(C2C(C(=O)c3cc4cccc(OC)c4o3)=C(O)C(=O)N2c2nnc(SCc3ccc(Cl)cc3)s2)cc1OC. The van der Waals surface area contributed by atoms with Crippen molar-refractivity contribution < 1.29 is 33.3 Å². The van der Waals surface area contributed by atoms with Gasteiger partial charge >= 0.3 is 0 Å². The number of ether oxygens (including phenoxy) is 3. The Morgan fingerprint density at radius 1 is 1.00 bits per heavy atom. The number of aliphatic hydroxyl groups is 1. The average molecular weight is 650 g/mol. The van der Waals surface area contributed by atoms with Crippen LogP contribution in [0.4, 0.5) is 5.13 Å². The number of benzene rings is 3. The molecule has 0 spiro atoms. The van der Waals surface area contributed by atoms with E-state index >= 15 is 0 Å². The van der Waals surface area contributed by atoms with Crippen LogP contribution in [-0.4, -0.2) is 48.3 Å². The molecule has 1 unspecified atom stereocenters. The summed E-state index contributed by atoms with van der Waals surface area (Å²) < 4.78 is 22.8. The Kier molecular flexibility index (Phi) is 8.21. The van der Waals surface area contributed by atoms with Crippen LogP contribution in [0.5, 0.6) is 17.2 Å². The quantitative estimate of drug-likeness (QED) is 0.0957. The van der Waals surface area contributed by atoms with Crippen LogP contribution in [0.2, 0.25) is 5.02 Å². The van der Waals surface area contributed by atoms with Crippen LogP contribution in [0.1, 0.15) is 27.7 Å². The number of fused-ring (bicyclic) bond motifs is 1. The molecule has 0 radical (unpaired) electrons. The molecule has 3 aromatic carbocycles. The molecular weight excluding hydrogens is 626 g/mol. The molecule has 224 valence electrons. The molecule has 44 heavy (non-hydrogen) atoms. The number of nitrogens with zero attached hydrogens (tertiary/aromatic N) is 3. The molecule has 10 nitrogen and oxygen atoms in total. The number of carbonyl (C=O) groups is 2. The second-order valence-corrected chi connectivity index (χ2v) is 12.2. The number of anilines is 1. The summed E-state index contributed by atoms with van der Waals surface area (Å²) in [6, 6.07) is 18.2. The van der Waals surface area contributed by atoms with E-state index < -0.39 is 23.5 Å². The minimum absolute atomic E-state index is 0.0670. The minimum Gasteiger partial charge on any atom is -0.503 e. The van der Waals surface area contributed by atoms with Gasteiger partial charge in [0.1, 0.15) is 0 Å². The van der Waals surface area contributed by atoms with Gasteiger partial charge in [-0.3, -0.25) is 14.5 Å². The van der Waals surface area contributed by atoms with E-state index in [2.05, 4.69) is 10.2 Å². The molecule has 0 saturated carbocycles. The number of carbonyl (C=O) groups excluding carboxylic acids is 2. The predicted octanol–water partition coefficient (Wildman–Crippen LogP) is 7.04. The summed E-state index contributed by atoms with van der Waals surface area (Å²) in [5.41, 5.74) is 1.70. The van der Waals surface area contributed by atoms with E-state index in [0.717, 1.165) is 5.56 Å². The minimum atomic E-state index is -1.08. The molecule has 5 aromatic rings. The number of hydrogen-bond donors (Lipinski definition) is 1. The van der Waals surface area contributed by atoms with Crippen LogP contribution in [0, 0.1) is 0 Å². The molecule has 0 fully saturated rings. The normalized spacial score (nSPS) is 14.9. The first-order valence-corrected chi connectivity index (χ1v) is 15.3. The van der Waals surface area contributed by atoms with E-state index in [9.17, 15) is 14.7 Å². The van der Waals surface area contributed by atoms with E-state index in [1.807, 2.05) is 24.3 Å². The van der Waals surface area contributed by atoms with Gasteiger partial charge in [-0.25, -0.2) is 0 Å². The van der Waals surface area contributed by atoms with Gasteiger partial charge in [-0.1, -0.05) is 65.0 Å². The number of Topliss-reactive ketones (excluding diaryl/α,β-unsaturated/α-hetero) is 1. The van der Waals surface area contributed by atoms with Crippen molar-refractivity contribution in [3.8, 4) is 17.2 Å². The third-order valence-electron chi connectivity index (χ3n) is 7.01. The summed E-state index contributed by atoms with van der Waals surface area (Å²) in [5, 5.41) is 21.2. The molecule has 1 atom stereocenters. The summed E-state index contributed by atoms with van der Waals surface area (Å²) in [4.78, 5) is 29.0. The molecule has 1 aliphatic heterocycles. The summed E-state index contributed by atoms with van der Waals surface area (Å²) in [6.07, 6.45) is 0. The van der Waals surface area contributed by atoms with Crippen molar-refractivity contribution in [1.82, 2.24) is 10.2 Å². The fourth-order valence-electron chi connectivity index (χ4n) is 4.90. The summed E-state index contributed by atoms with van der Waals surface area (Å²) in [6.45, 7) is 0. The molecule has 0 saturated heterocycles. The van der Waals surface area contributed by atoms with Crippen LogP contribution < -0.4 is 19.1 Å². The molecule has 0 aliphatic carbocycles. The highest BCUT2D eigenvalue weighted by Crippen LogP contribution is 2.46. The first-order chi connectivity index (χ1) is 21.3. The van der Waals surface area contributed by atoms with Gasteiger partial charge in [-0.15, -0.1) is 10.2 Å². The molecule has 2 aromatic heterocycles. The maximum Gasteiger partial charge on any atom is 0.296 e. The molecule has 0 bridgehead atoms. The van der Waals surface area contributed by atoms with Gasteiger partial charge in [0, 0.05) is 16.2 Å². The second-order valence-electron chi connectivity index (χ2n) is 9.54. The zero-order valence-electron chi connectivity index (χ0n) is 23.6. The van der Waals surface area contributed by atoms with Crippen molar-refractivity contribution in [3.05, 3.63) is 100.0 Å². The highest BCUT2D eigenvalue weighted by Gasteiger charge is 2.47. The summed E-state index contributed by atoms with van der Waals surface area (Å²) in [5.74, 6) is -0.379. The number of furan rings is 1. The van der Waals surface area contributed by atoms with Gasteiger partial charge in [-0.2, -0.15) is 0 Å². The van der Waals surface area contributed by atoms with E-state index in [0.29, 0.717) is 48.9 Å². The van der Waals surface area contributed by atoms with Gasteiger partial charge in [0.2, 0.25) is 10.9 Å². The molecular formula is C31H24ClN3O7S2. The first kappa shape index (κ1) is 29.5. The van der Waals surface area contributed by atoms with E-state index in [-0.39, 0.29) is 16.5 Å². The van der Waals surface area contributed by atoms with Crippen molar-refractivity contribution in [2.45, 2.75) is 16.1 Å². The Balaban J connectivity index is 1.40. The maximum absolute atomic E-state index is 14.1. The highest BCUT2D eigenvalue weighted by atomic mass is 35.5. The number of amides is 1. The number of methoxy groups -OCH3 is 3. The largest absolute Gasteiger partial charge is 0.503 e. The van der Waals surface area contributed by atoms with Crippen LogP contribution in [0.25, 0.3) is 11.0 Å². The molecule has 6 rings (SSSR count). The zero-order chi connectivity index (χ0) is 31.0. The third-order valence-corrected chi connectivity index (χ3v) is 9.38. The number of rotatable bonds is 10. The van der Waals surface area contributed by atoms with Crippen LogP contribution in [0.15, 0.2) is 86.8 Å². The van der Waals surface area contributed by atoms with E-state index in [1.54, 1.807) is 42.5 Å². The van der Waals surface area contributed by atoms with Crippen molar-refractivity contribution >= 4 is 62.5 Å². The van der Waals surface area contributed by atoms with Gasteiger partial charge < -0.3 is 23.7 Å². The number of thioether (sulfide) groups is 1. The van der Waals surface area contributed by atoms with Crippen molar-refractivity contribution in [3.63, 3.8) is 0 Å². The fraction of sp³-hybridized carbons (Fsp3) is 0.161. The van der Waals surface area contributed by atoms with Gasteiger partial charge in [0.05, 0.1) is 32.9 Å². The Morgan fingerprint density at radius 2 is 1.75 bits per heavy atom. The monoisotopic (exact) mass is 649 g/mol. The van der Waals surface area contributed by atoms with Crippen molar-refractivity contribution in [2.24, 2.45) is 0 Å². The highest BCUT2D eigenvalue weighted by molar-refractivity contribution is 8.00. The third kappa shape index (κ3) is 5.36. The lowest BCUT2D eigenvalue weighted by molar-refractivity contribution is -0.117. The smallest absolute Gasteiger partial charge is 0.296 e. The lowest BCUT2D eigenvalue weighted by Crippen LogP contribution is -2.31. The number of halogens is 1. The zero-order valence-corrected chi connectivity index (χ0v) is 26.0. The number of aliphatic hydroxyl groups excluding tert-OH is 1. The number of hydrogen-bond acceptors (Lipinski definition) is 11. The second kappa shape index (κ2) is 12.2. The van der Waals surface area contributed by atoms with Crippen molar-refractivity contribution in [2.75, 3.05) is 26.2 Å². The lowest BCUT2D eigenvalue weighted by atomic mass is 9.95. The Labute approximate surface area is 264 Å². The molecule has 3 heterocycles. The van der Waals surface area contributed by atoms with Crippen LogP contribution >= 0.6 is 34.7 Å². The Hall–Kier alpha value is -4.52. The van der Waals surface area contributed by atoms with E-state index in [4.69, 9.17) is 30.2 Å². The Morgan fingerprint density at radius 3 is 2.48 bits per heavy atom. The standard InChI is InChI=1S/C31H24ClN3O7S2/c1-39-20-12-9-17(13-22(20)41-3)25-24(26(36)23-14-18-5-4-6-21(40-2)28(18)42-23)27(37)29(38)35(25)30-33-34-31(44-30)43-15-16-7-10-19(32)11-8-16/h4-14,25,37H,15H2,1-3H3. The van der Waals surface area contributed by atoms with Gasteiger partial charge in [0.25, 0.3) is 5.91 Å². The predicted molar refractivity (Wildman–Crippen MR) is 167 cm³/mol. The first-order valence-electron chi connectivity index (χ1n) is 13.1. The fourth-order valence-corrected chi connectivity index (χ4v) is 6.85. The maximum atomic E-state index is 14.1. The number of para-hydroxylation sites is 1. The topological polar surface area (TPSA) is 124 Å². The van der Waals surface area contributed by atoms with Crippen LogP contribution in [-0.2, 0) is 10.5 Å². The lowest BCUT2D eigenvalue weighted by Gasteiger charge is -2.24. The summed E-state index contributed by atoms with van der Waals surface area (Å²) in [7, 11) is 4.48.